The van der Waals surface area contributed by atoms with Gasteiger partial charge in [-0.05, 0) is 55.5 Å². The van der Waals surface area contributed by atoms with Crippen LogP contribution in [-0.4, -0.2) is 13.1 Å². The standard InChI is InChI=1S/C17H35N/c1-6-18-13-16-10-11-17(4,5)12-15(16)9-7-8-14(2)3/h14-16,18H,6-13H2,1-5H3. The minimum Gasteiger partial charge on any atom is -0.317 e. The van der Waals surface area contributed by atoms with E-state index in [1.165, 1.54) is 45.1 Å². The van der Waals surface area contributed by atoms with Gasteiger partial charge >= 0.3 is 0 Å². The highest BCUT2D eigenvalue weighted by atomic mass is 14.8. The molecule has 1 aliphatic rings. The Hall–Kier alpha value is -0.0400. The molecule has 1 aliphatic carbocycles. The van der Waals surface area contributed by atoms with E-state index in [-0.39, 0.29) is 0 Å². The summed E-state index contributed by atoms with van der Waals surface area (Å²) in [5.41, 5.74) is 0.589. The highest BCUT2D eigenvalue weighted by molar-refractivity contribution is 4.85. The molecule has 0 bridgehead atoms. The molecular weight excluding hydrogens is 218 g/mol. The lowest BCUT2D eigenvalue weighted by molar-refractivity contribution is 0.107. The van der Waals surface area contributed by atoms with Gasteiger partial charge in [-0.3, -0.25) is 0 Å². The zero-order chi connectivity index (χ0) is 13.6. The van der Waals surface area contributed by atoms with Crippen molar-refractivity contribution in [1.29, 1.82) is 0 Å². The molecule has 2 atom stereocenters. The molecule has 0 saturated heterocycles. The molecule has 1 heteroatoms. The molecule has 1 nitrogen and oxygen atoms in total. The van der Waals surface area contributed by atoms with Gasteiger partial charge in [0.1, 0.15) is 0 Å². The van der Waals surface area contributed by atoms with E-state index in [2.05, 4.69) is 39.9 Å². The van der Waals surface area contributed by atoms with Crippen molar-refractivity contribution in [1.82, 2.24) is 5.32 Å². The Bertz CT molecular complexity index is 220. The molecule has 0 aromatic carbocycles. The maximum atomic E-state index is 3.57. The second-order valence-corrected chi connectivity index (χ2v) is 7.56. The molecule has 1 saturated carbocycles. The summed E-state index contributed by atoms with van der Waals surface area (Å²) in [5, 5.41) is 3.57. The first-order valence-corrected chi connectivity index (χ1v) is 8.15. The van der Waals surface area contributed by atoms with Gasteiger partial charge in [0, 0.05) is 0 Å². The Morgan fingerprint density at radius 1 is 1.22 bits per heavy atom. The van der Waals surface area contributed by atoms with Gasteiger partial charge in [0.2, 0.25) is 0 Å². The van der Waals surface area contributed by atoms with Crippen molar-refractivity contribution >= 4 is 0 Å². The monoisotopic (exact) mass is 253 g/mol. The summed E-state index contributed by atoms with van der Waals surface area (Å²) >= 11 is 0. The van der Waals surface area contributed by atoms with Crippen molar-refractivity contribution in [2.24, 2.45) is 23.2 Å². The van der Waals surface area contributed by atoms with Crippen molar-refractivity contribution in [3.05, 3.63) is 0 Å². The molecule has 1 rings (SSSR count). The van der Waals surface area contributed by atoms with E-state index in [0.717, 1.165) is 24.3 Å². The molecule has 1 N–H and O–H groups in total. The Morgan fingerprint density at radius 2 is 1.94 bits per heavy atom. The minimum absolute atomic E-state index is 0.589. The fourth-order valence-electron chi connectivity index (χ4n) is 3.51. The Labute approximate surface area is 115 Å². The topological polar surface area (TPSA) is 12.0 Å². The van der Waals surface area contributed by atoms with Gasteiger partial charge in [0.25, 0.3) is 0 Å². The summed E-state index contributed by atoms with van der Waals surface area (Å²) in [5.74, 6) is 2.77. The quantitative estimate of drug-likeness (QED) is 0.683. The first-order valence-electron chi connectivity index (χ1n) is 8.15. The summed E-state index contributed by atoms with van der Waals surface area (Å²) in [6.07, 6.45) is 8.60. The fraction of sp³-hybridized carbons (Fsp3) is 1.00. The summed E-state index contributed by atoms with van der Waals surface area (Å²) in [6.45, 7) is 14.2. The molecule has 108 valence electrons. The van der Waals surface area contributed by atoms with Crippen LogP contribution in [0.25, 0.3) is 0 Å². The van der Waals surface area contributed by atoms with Crippen molar-refractivity contribution in [2.45, 2.75) is 73.1 Å². The third kappa shape index (κ3) is 5.73. The predicted molar refractivity (Wildman–Crippen MR) is 81.8 cm³/mol. The van der Waals surface area contributed by atoms with Crippen LogP contribution < -0.4 is 5.32 Å². The van der Waals surface area contributed by atoms with Crippen LogP contribution in [-0.2, 0) is 0 Å². The van der Waals surface area contributed by atoms with Crippen LogP contribution in [0.2, 0.25) is 0 Å². The summed E-state index contributed by atoms with van der Waals surface area (Å²) in [6, 6.07) is 0. The zero-order valence-corrected chi connectivity index (χ0v) is 13.4. The van der Waals surface area contributed by atoms with Crippen LogP contribution in [0.3, 0.4) is 0 Å². The summed E-state index contributed by atoms with van der Waals surface area (Å²) in [7, 11) is 0. The van der Waals surface area contributed by atoms with E-state index in [9.17, 15) is 0 Å². The Balaban J connectivity index is 2.43. The summed E-state index contributed by atoms with van der Waals surface area (Å²) in [4.78, 5) is 0. The SMILES string of the molecule is CCNCC1CCC(C)(C)CC1CCCC(C)C. The van der Waals surface area contributed by atoms with Gasteiger partial charge in [-0.1, -0.05) is 53.9 Å². The van der Waals surface area contributed by atoms with Gasteiger partial charge < -0.3 is 5.32 Å². The lowest BCUT2D eigenvalue weighted by Gasteiger charge is -2.41. The Kier molecular flexibility index (Phi) is 6.70. The molecular formula is C17H35N. The van der Waals surface area contributed by atoms with Gasteiger partial charge in [-0.2, -0.15) is 0 Å². The average molecular weight is 253 g/mol. The van der Waals surface area contributed by atoms with Gasteiger partial charge in [0.05, 0.1) is 0 Å². The van der Waals surface area contributed by atoms with E-state index in [1.807, 2.05) is 0 Å². The molecule has 0 aliphatic heterocycles. The predicted octanol–water partition coefficient (Wildman–Crippen LogP) is 4.86. The van der Waals surface area contributed by atoms with E-state index >= 15 is 0 Å². The summed E-state index contributed by atoms with van der Waals surface area (Å²) < 4.78 is 0. The maximum absolute atomic E-state index is 3.57. The third-order valence-corrected chi connectivity index (χ3v) is 4.69. The van der Waals surface area contributed by atoms with E-state index in [1.54, 1.807) is 0 Å². The van der Waals surface area contributed by atoms with Crippen molar-refractivity contribution in [2.75, 3.05) is 13.1 Å². The highest BCUT2D eigenvalue weighted by Crippen LogP contribution is 2.43. The molecule has 18 heavy (non-hydrogen) atoms. The largest absolute Gasteiger partial charge is 0.317 e. The number of nitrogens with one attached hydrogen (secondary N) is 1. The molecule has 0 heterocycles. The van der Waals surface area contributed by atoms with Gasteiger partial charge in [-0.25, -0.2) is 0 Å². The fourth-order valence-corrected chi connectivity index (χ4v) is 3.51. The van der Waals surface area contributed by atoms with Crippen LogP contribution in [0.1, 0.15) is 73.1 Å². The van der Waals surface area contributed by atoms with Crippen LogP contribution in [0.5, 0.6) is 0 Å². The van der Waals surface area contributed by atoms with E-state index in [4.69, 9.17) is 0 Å². The number of hydrogen-bond acceptors (Lipinski definition) is 1. The van der Waals surface area contributed by atoms with Crippen molar-refractivity contribution in [3.8, 4) is 0 Å². The first kappa shape index (κ1) is 16.0. The molecule has 0 radical (unpaired) electrons. The first-order chi connectivity index (χ1) is 8.44. The van der Waals surface area contributed by atoms with Crippen molar-refractivity contribution < 1.29 is 0 Å². The zero-order valence-electron chi connectivity index (χ0n) is 13.4. The normalized spacial score (nSPS) is 27.7. The molecule has 0 aromatic heterocycles. The van der Waals surface area contributed by atoms with E-state index in [0.29, 0.717) is 5.41 Å². The number of hydrogen-bond donors (Lipinski definition) is 1. The smallest absolute Gasteiger partial charge is 0.00180 e. The third-order valence-electron chi connectivity index (χ3n) is 4.69. The van der Waals surface area contributed by atoms with Crippen LogP contribution in [0.15, 0.2) is 0 Å². The average Bonchev–Trinajstić information content (AvgIpc) is 2.26. The second kappa shape index (κ2) is 7.53. The highest BCUT2D eigenvalue weighted by Gasteiger charge is 2.33. The van der Waals surface area contributed by atoms with Crippen LogP contribution in [0.4, 0.5) is 0 Å². The minimum atomic E-state index is 0.589. The molecule has 0 amide bonds. The maximum Gasteiger partial charge on any atom is -0.00180 e. The van der Waals surface area contributed by atoms with Gasteiger partial charge in [-0.15, -0.1) is 0 Å². The van der Waals surface area contributed by atoms with Crippen LogP contribution in [0, 0.1) is 23.2 Å². The second-order valence-electron chi connectivity index (χ2n) is 7.56. The lowest BCUT2D eigenvalue weighted by atomic mass is 9.65. The van der Waals surface area contributed by atoms with E-state index < -0.39 is 0 Å². The number of rotatable bonds is 7. The molecule has 2 unspecified atom stereocenters. The Morgan fingerprint density at radius 3 is 2.56 bits per heavy atom. The molecule has 1 fully saturated rings. The molecule has 0 spiro atoms. The van der Waals surface area contributed by atoms with Crippen LogP contribution >= 0.6 is 0 Å². The van der Waals surface area contributed by atoms with Gasteiger partial charge in [0.15, 0.2) is 0 Å². The lowest BCUT2D eigenvalue weighted by Crippen LogP contribution is -2.36. The molecule has 0 aromatic rings. The van der Waals surface area contributed by atoms with Crippen molar-refractivity contribution in [3.63, 3.8) is 0 Å².